The molecule has 0 amide bonds. The van der Waals surface area contributed by atoms with Crippen LogP contribution in [0.3, 0.4) is 0 Å². The van der Waals surface area contributed by atoms with Crippen LogP contribution in [0.25, 0.3) is 0 Å². The molecule has 1 atom stereocenters. The molecule has 30 heavy (non-hydrogen) atoms. The Morgan fingerprint density at radius 1 is 1.10 bits per heavy atom. The predicted molar refractivity (Wildman–Crippen MR) is 123 cm³/mol. The molecule has 1 saturated heterocycles. The second-order valence-electron chi connectivity index (χ2n) is 7.68. The van der Waals surface area contributed by atoms with Gasteiger partial charge in [0, 0.05) is 45.0 Å². The molecule has 1 fully saturated rings. The Morgan fingerprint density at radius 2 is 1.87 bits per heavy atom. The minimum absolute atomic E-state index is 0.0306. The van der Waals surface area contributed by atoms with Crippen molar-refractivity contribution in [1.82, 2.24) is 10.6 Å². The van der Waals surface area contributed by atoms with Crippen LogP contribution < -0.4 is 19.8 Å². The average molecular weight is 428 g/mol. The molecular weight excluding hydrogens is 398 g/mol. The van der Waals surface area contributed by atoms with E-state index in [-0.39, 0.29) is 11.8 Å². The lowest BCUT2D eigenvalue weighted by Crippen LogP contribution is -2.46. The number of hydrogen-bond acceptors (Lipinski definition) is 4. The van der Waals surface area contributed by atoms with Gasteiger partial charge >= 0.3 is 0 Å². The third-order valence-corrected chi connectivity index (χ3v) is 7.48. The first kappa shape index (κ1) is 20.5. The fourth-order valence-corrected chi connectivity index (χ4v) is 5.57. The fourth-order valence-electron chi connectivity index (χ4n) is 4.14. The van der Waals surface area contributed by atoms with E-state index in [1.165, 1.54) is 9.99 Å². The number of guanidine groups is 1. The van der Waals surface area contributed by atoms with Gasteiger partial charge in [0.15, 0.2) is 5.96 Å². The van der Waals surface area contributed by atoms with E-state index in [9.17, 15) is 8.42 Å². The van der Waals surface area contributed by atoms with Crippen LogP contribution in [0.2, 0.25) is 0 Å². The minimum atomic E-state index is -3.37. The SMILES string of the molecule is CN=C(NCCS(=O)(=O)N1CCc2ccccc21)NC1CCN(c2ccccc2)C1. The average Bonchev–Trinajstić information content (AvgIpc) is 3.41. The van der Waals surface area contributed by atoms with Crippen molar-refractivity contribution < 1.29 is 8.42 Å². The Balaban J connectivity index is 1.27. The zero-order valence-corrected chi connectivity index (χ0v) is 18.1. The van der Waals surface area contributed by atoms with Crippen molar-refractivity contribution in [1.29, 1.82) is 0 Å². The van der Waals surface area contributed by atoms with Crippen molar-refractivity contribution in [2.75, 3.05) is 48.2 Å². The molecule has 0 aliphatic carbocycles. The number of benzene rings is 2. The van der Waals surface area contributed by atoms with Crippen LogP contribution in [0.5, 0.6) is 0 Å². The van der Waals surface area contributed by atoms with Gasteiger partial charge in [0.2, 0.25) is 10.0 Å². The summed E-state index contributed by atoms with van der Waals surface area (Å²) in [5, 5.41) is 6.59. The van der Waals surface area contributed by atoms with Gasteiger partial charge in [-0.05, 0) is 36.6 Å². The van der Waals surface area contributed by atoms with Gasteiger partial charge in [-0.3, -0.25) is 9.30 Å². The lowest BCUT2D eigenvalue weighted by atomic mass is 10.2. The number of aliphatic imine (C=N–C) groups is 1. The molecule has 2 heterocycles. The van der Waals surface area contributed by atoms with Crippen LogP contribution in [-0.2, 0) is 16.4 Å². The van der Waals surface area contributed by atoms with Crippen LogP contribution in [0.4, 0.5) is 11.4 Å². The summed E-state index contributed by atoms with van der Waals surface area (Å²) < 4.78 is 27.2. The highest BCUT2D eigenvalue weighted by molar-refractivity contribution is 7.92. The number of anilines is 2. The Labute approximate surface area is 178 Å². The molecule has 2 aromatic carbocycles. The van der Waals surface area contributed by atoms with Crippen LogP contribution in [0, 0.1) is 0 Å². The molecule has 2 aliphatic heterocycles. The van der Waals surface area contributed by atoms with Gasteiger partial charge in [-0.1, -0.05) is 36.4 Å². The van der Waals surface area contributed by atoms with E-state index in [2.05, 4.69) is 44.8 Å². The van der Waals surface area contributed by atoms with Crippen LogP contribution >= 0.6 is 0 Å². The molecule has 4 rings (SSSR count). The maximum absolute atomic E-state index is 12.8. The quantitative estimate of drug-likeness (QED) is 0.543. The molecular formula is C22H29N5O2S. The van der Waals surface area contributed by atoms with Crippen molar-refractivity contribution in [3.05, 3.63) is 60.2 Å². The van der Waals surface area contributed by atoms with Gasteiger partial charge in [-0.15, -0.1) is 0 Å². The van der Waals surface area contributed by atoms with Crippen molar-refractivity contribution in [2.24, 2.45) is 4.99 Å². The first-order chi connectivity index (χ1) is 14.6. The zero-order chi connectivity index (χ0) is 21.0. The summed E-state index contributed by atoms with van der Waals surface area (Å²) in [6.07, 6.45) is 1.78. The fraction of sp³-hybridized carbons (Fsp3) is 0.409. The van der Waals surface area contributed by atoms with Crippen LogP contribution in [0.15, 0.2) is 59.6 Å². The van der Waals surface area contributed by atoms with E-state index in [1.807, 2.05) is 30.3 Å². The van der Waals surface area contributed by atoms with Crippen molar-refractivity contribution in [3.8, 4) is 0 Å². The molecule has 2 N–H and O–H groups in total. The Hall–Kier alpha value is -2.74. The maximum Gasteiger partial charge on any atom is 0.236 e. The first-order valence-corrected chi connectivity index (χ1v) is 12.0. The smallest absolute Gasteiger partial charge is 0.236 e. The molecule has 0 radical (unpaired) electrons. The first-order valence-electron chi connectivity index (χ1n) is 10.4. The van der Waals surface area contributed by atoms with E-state index in [0.717, 1.165) is 37.2 Å². The lowest BCUT2D eigenvalue weighted by molar-refractivity contribution is 0.590. The van der Waals surface area contributed by atoms with Gasteiger partial charge in [-0.2, -0.15) is 0 Å². The normalized spacial score (nSPS) is 19.1. The van der Waals surface area contributed by atoms with Gasteiger partial charge in [0.25, 0.3) is 0 Å². The van der Waals surface area contributed by atoms with Gasteiger partial charge < -0.3 is 15.5 Å². The minimum Gasteiger partial charge on any atom is -0.369 e. The molecule has 2 aromatic rings. The van der Waals surface area contributed by atoms with E-state index in [0.29, 0.717) is 19.0 Å². The number of hydrogen-bond donors (Lipinski definition) is 2. The molecule has 0 spiro atoms. The number of nitrogens with one attached hydrogen (secondary N) is 2. The van der Waals surface area contributed by atoms with Gasteiger partial charge in [-0.25, -0.2) is 8.42 Å². The summed E-state index contributed by atoms with van der Waals surface area (Å²) >= 11 is 0. The van der Waals surface area contributed by atoms with Crippen molar-refractivity contribution in [2.45, 2.75) is 18.9 Å². The molecule has 7 nitrogen and oxygen atoms in total. The van der Waals surface area contributed by atoms with E-state index in [1.54, 1.807) is 7.05 Å². The molecule has 1 unspecified atom stereocenters. The van der Waals surface area contributed by atoms with Crippen molar-refractivity contribution >= 4 is 27.4 Å². The Bertz CT molecular complexity index is 994. The van der Waals surface area contributed by atoms with Crippen molar-refractivity contribution in [3.63, 3.8) is 0 Å². The van der Waals surface area contributed by atoms with Gasteiger partial charge in [0.05, 0.1) is 11.4 Å². The number of sulfonamides is 1. The number of fused-ring (bicyclic) bond motifs is 1. The predicted octanol–water partition coefficient (Wildman–Crippen LogP) is 1.82. The monoisotopic (exact) mass is 427 g/mol. The number of para-hydroxylation sites is 2. The Kier molecular flexibility index (Phi) is 6.13. The summed E-state index contributed by atoms with van der Waals surface area (Å²) in [5.41, 5.74) is 3.13. The highest BCUT2D eigenvalue weighted by Gasteiger charge is 2.29. The largest absolute Gasteiger partial charge is 0.369 e. The summed E-state index contributed by atoms with van der Waals surface area (Å²) in [7, 11) is -1.66. The van der Waals surface area contributed by atoms with Gasteiger partial charge in [0.1, 0.15) is 0 Å². The topological polar surface area (TPSA) is 77.0 Å². The second-order valence-corrected chi connectivity index (χ2v) is 9.69. The summed E-state index contributed by atoms with van der Waals surface area (Å²) in [6.45, 7) is 2.72. The van der Waals surface area contributed by atoms with Crippen LogP contribution in [-0.4, -0.2) is 59.4 Å². The summed E-state index contributed by atoms with van der Waals surface area (Å²) in [5.74, 6) is 0.676. The summed E-state index contributed by atoms with van der Waals surface area (Å²) in [6, 6.07) is 18.4. The number of nitrogens with zero attached hydrogens (tertiary/aromatic N) is 3. The molecule has 0 bridgehead atoms. The maximum atomic E-state index is 12.8. The zero-order valence-electron chi connectivity index (χ0n) is 17.3. The molecule has 160 valence electrons. The third kappa shape index (κ3) is 4.53. The number of rotatable bonds is 6. The Morgan fingerprint density at radius 3 is 2.67 bits per heavy atom. The molecule has 2 aliphatic rings. The second kappa shape index (κ2) is 8.95. The van der Waals surface area contributed by atoms with Crippen LogP contribution in [0.1, 0.15) is 12.0 Å². The highest BCUT2D eigenvalue weighted by atomic mass is 32.2. The highest BCUT2D eigenvalue weighted by Crippen LogP contribution is 2.29. The standard InChI is InChI=1S/C22H29N5O2S/c1-23-22(25-19-12-14-26(17-19)20-8-3-2-4-9-20)24-13-16-30(28,29)27-15-11-18-7-5-6-10-21(18)27/h2-10,19H,11-17H2,1H3,(H2,23,24,25). The van der Waals surface area contributed by atoms with E-state index in [4.69, 9.17) is 0 Å². The third-order valence-electron chi connectivity index (χ3n) is 5.71. The lowest BCUT2D eigenvalue weighted by Gasteiger charge is -2.21. The van der Waals surface area contributed by atoms with E-state index >= 15 is 0 Å². The summed E-state index contributed by atoms with van der Waals surface area (Å²) in [4.78, 5) is 6.62. The van der Waals surface area contributed by atoms with E-state index < -0.39 is 10.0 Å². The molecule has 0 aromatic heterocycles. The molecule has 0 saturated carbocycles. The molecule has 8 heteroatoms.